The Bertz CT molecular complexity index is 670. The van der Waals surface area contributed by atoms with Crippen LogP contribution in [0.3, 0.4) is 0 Å². The molecule has 0 unspecified atom stereocenters. The van der Waals surface area contributed by atoms with Gasteiger partial charge in [-0.15, -0.1) is 22.7 Å². The average Bonchev–Trinajstić information content (AvgIpc) is 3.05. The maximum Gasteiger partial charge on any atom is 0.0251 e. The molecule has 0 atom stereocenters. The minimum absolute atomic E-state index is 0.988. The van der Waals surface area contributed by atoms with Gasteiger partial charge in [-0.2, -0.15) is 0 Å². The van der Waals surface area contributed by atoms with Crippen LogP contribution in [0.5, 0.6) is 0 Å². The molecule has 0 bridgehead atoms. The van der Waals surface area contributed by atoms with E-state index in [9.17, 15) is 0 Å². The molecule has 27 heavy (non-hydrogen) atoms. The van der Waals surface area contributed by atoms with Crippen molar-refractivity contribution in [1.29, 1.82) is 0 Å². The molecule has 0 saturated heterocycles. The van der Waals surface area contributed by atoms with E-state index in [1.807, 2.05) is 22.7 Å². The number of hydrogen-bond acceptors (Lipinski definition) is 5. The molecule has 2 rings (SSSR count). The predicted octanol–water partition coefficient (Wildman–Crippen LogP) is 5.28. The molecule has 0 amide bonds. The third-order valence-electron chi connectivity index (χ3n) is 5.36. The zero-order valence-corrected chi connectivity index (χ0v) is 19.8. The van der Waals surface area contributed by atoms with Crippen molar-refractivity contribution in [3.05, 3.63) is 41.8 Å². The van der Waals surface area contributed by atoms with Crippen molar-refractivity contribution in [1.82, 2.24) is 15.5 Å². The van der Waals surface area contributed by atoms with E-state index in [0.717, 1.165) is 45.8 Å². The van der Waals surface area contributed by atoms with Crippen molar-refractivity contribution in [3.63, 3.8) is 0 Å². The summed E-state index contributed by atoms with van der Waals surface area (Å²) in [6, 6.07) is 0. The van der Waals surface area contributed by atoms with E-state index in [2.05, 4.69) is 64.0 Å². The highest BCUT2D eigenvalue weighted by atomic mass is 32.1. The molecule has 152 valence electrons. The van der Waals surface area contributed by atoms with Gasteiger partial charge in [0.2, 0.25) is 0 Å². The Balaban J connectivity index is 2.22. The first kappa shape index (κ1) is 22.6. The first-order valence-corrected chi connectivity index (χ1v) is 11.8. The molecule has 0 radical (unpaired) electrons. The van der Waals surface area contributed by atoms with Gasteiger partial charge in [0.1, 0.15) is 0 Å². The molecular formula is C22H37N3S2. The Kier molecular flexibility index (Phi) is 8.96. The highest BCUT2D eigenvalue weighted by Gasteiger charge is 2.19. The van der Waals surface area contributed by atoms with Crippen molar-refractivity contribution in [2.45, 2.75) is 74.6 Å². The van der Waals surface area contributed by atoms with E-state index >= 15 is 0 Å². The highest BCUT2D eigenvalue weighted by Crippen LogP contribution is 2.31. The Morgan fingerprint density at radius 1 is 0.630 bits per heavy atom. The minimum Gasteiger partial charge on any atom is -0.313 e. The number of nitrogens with one attached hydrogen (secondary N) is 2. The largest absolute Gasteiger partial charge is 0.313 e. The Hall–Kier alpha value is -0.720. The van der Waals surface area contributed by atoms with E-state index in [4.69, 9.17) is 0 Å². The van der Waals surface area contributed by atoms with Gasteiger partial charge in [0.25, 0.3) is 0 Å². The molecule has 2 N–H and O–H groups in total. The molecule has 0 fully saturated rings. The van der Waals surface area contributed by atoms with Gasteiger partial charge in [0.15, 0.2) is 0 Å². The molecule has 3 nitrogen and oxygen atoms in total. The maximum absolute atomic E-state index is 3.53. The van der Waals surface area contributed by atoms with E-state index in [-0.39, 0.29) is 0 Å². The second-order valence-electron chi connectivity index (χ2n) is 7.21. The predicted molar refractivity (Wildman–Crippen MR) is 122 cm³/mol. The van der Waals surface area contributed by atoms with Crippen LogP contribution in [0.25, 0.3) is 0 Å². The monoisotopic (exact) mass is 407 g/mol. The summed E-state index contributed by atoms with van der Waals surface area (Å²) in [7, 11) is 0. The molecule has 0 aromatic carbocycles. The van der Waals surface area contributed by atoms with Crippen LogP contribution >= 0.6 is 22.7 Å². The minimum atomic E-state index is 0.988. The van der Waals surface area contributed by atoms with Crippen molar-refractivity contribution in [2.75, 3.05) is 19.6 Å². The topological polar surface area (TPSA) is 27.3 Å². The van der Waals surface area contributed by atoms with Crippen LogP contribution in [0.4, 0.5) is 0 Å². The molecule has 5 heteroatoms. The molecule has 2 heterocycles. The number of rotatable bonds is 11. The van der Waals surface area contributed by atoms with Gasteiger partial charge in [0.05, 0.1) is 0 Å². The molecule has 2 aromatic rings. The third-order valence-corrected chi connectivity index (χ3v) is 7.57. The van der Waals surface area contributed by atoms with Crippen LogP contribution in [-0.2, 0) is 26.2 Å². The lowest BCUT2D eigenvalue weighted by Crippen LogP contribution is -2.25. The zero-order valence-electron chi connectivity index (χ0n) is 18.2. The summed E-state index contributed by atoms with van der Waals surface area (Å²) in [6.45, 7) is 22.9. The van der Waals surface area contributed by atoms with E-state index in [0.29, 0.717) is 0 Å². The lowest BCUT2D eigenvalue weighted by atomic mass is 10.1. The summed E-state index contributed by atoms with van der Waals surface area (Å²) < 4.78 is 0. The first-order valence-electron chi connectivity index (χ1n) is 10.2. The van der Waals surface area contributed by atoms with E-state index in [1.165, 1.54) is 41.8 Å². The molecule has 2 aromatic heterocycles. The Labute approximate surface area is 174 Å². The van der Waals surface area contributed by atoms with Crippen LogP contribution in [0.1, 0.15) is 62.5 Å². The van der Waals surface area contributed by atoms with Gasteiger partial charge < -0.3 is 10.6 Å². The maximum atomic E-state index is 3.53. The van der Waals surface area contributed by atoms with Gasteiger partial charge in [-0.3, -0.25) is 4.90 Å². The summed E-state index contributed by atoms with van der Waals surface area (Å²) in [5, 5.41) is 7.05. The van der Waals surface area contributed by atoms with Crippen LogP contribution in [-0.4, -0.2) is 24.5 Å². The molecule has 0 aliphatic heterocycles. The van der Waals surface area contributed by atoms with E-state index in [1.54, 1.807) is 0 Å². The summed E-state index contributed by atoms with van der Waals surface area (Å²) in [6.07, 6.45) is 0. The van der Waals surface area contributed by atoms with Crippen molar-refractivity contribution < 1.29 is 0 Å². The SMILES string of the molecule is CCNCc1c(C)sc(C)c1CN(CC)Cc1c(C)sc(C)c1CNCC. The lowest BCUT2D eigenvalue weighted by molar-refractivity contribution is 0.269. The molecular weight excluding hydrogens is 370 g/mol. The van der Waals surface area contributed by atoms with Crippen molar-refractivity contribution in [2.24, 2.45) is 0 Å². The summed E-state index contributed by atoms with van der Waals surface area (Å²) in [5.74, 6) is 0. The molecule has 0 aliphatic rings. The normalized spacial score (nSPS) is 11.7. The van der Waals surface area contributed by atoms with Crippen molar-refractivity contribution in [3.8, 4) is 0 Å². The Morgan fingerprint density at radius 2 is 1.00 bits per heavy atom. The fourth-order valence-corrected chi connectivity index (χ4v) is 5.84. The van der Waals surface area contributed by atoms with Gasteiger partial charge in [-0.05, 0) is 69.6 Å². The zero-order chi connectivity index (χ0) is 20.0. The van der Waals surface area contributed by atoms with Crippen LogP contribution in [0.2, 0.25) is 0 Å². The van der Waals surface area contributed by atoms with Crippen LogP contribution in [0.15, 0.2) is 0 Å². The average molecular weight is 408 g/mol. The molecule has 0 saturated carbocycles. The van der Waals surface area contributed by atoms with Gasteiger partial charge in [-0.1, -0.05) is 20.8 Å². The quantitative estimate of drug-likeness (QED) is 0.530. The molecule has 0 spiro atoms. The first-order chi connectivity index (χ1) is 12.9. The van der Waals surface area contributed by atoms with Gasteiger partial charge >= 0.3 is 0 Å². The lowest BCUT2D eigenvalue weighted by Gasteiger charge is -2.23. The van der Waals surface area contributed by atoms with Crippen LogP contribution in [0, 0.1) is 27.7 Å². The second-order valence-corrected chi connectivity index (χ2v) is 10.1. The third kappa shape index (κ3) is 5.64. The summed E-state index contributed by atoms with van der Waals surface area (Å²) in [4.78, 5) is 8.49. The van der Waals surface area contributed by atoms with Crippen LogP contribution < -0.4 is 10.6 Å². The van der Waals surface area contributed by atoms with E-state index < -0.39 is 0 Å². The Morgan fingerprint density at radius 3 is 1.33 bits per heavy atom. The van der Waals surface area contributed by atoms with Gasteiger partial charge in [-0.25, -0.2) is 0 Å². The van der Waals surface area contributed by atoms with Gasteiger partial charge in [0, 0.05) is 45.7 Å². The van der Waals surface area contributed by atoms with Crippen molar-refractivity contribution >= 4 is 22.7 Å². The molecule has 0 aliphatic carbocycles. The second kappa shape index (κ2) is 10.7. The number of hydrogen-bond donors (Lipinski definition) is 2. The fourth-order valence-electron chi connectivity index (χ4n) is 3.66. The summed E-state index contributed by atoms with van der Waals surface area (Å²) in [5.41, 5.74) is 6.11. The smallest absolute Gasteiger partial charge is 0.0251 e. The number of thiophene rings is 2. The summed E-state index contributed by atoms with van der Waals surface area (Å²) >= 11 is 3.90. The highest BCUT2D eigenvalue weighted by molar-refractivity contribution is 7.12. The number of aryl methyl sites for hydroxylation is 4. The standard InChI is InChI=1S/C22H37N3S2/c1-8-23-11-19-15(4)26-17(6)21(19)13-25(10-3)14-22-18(7)27-16(5)20(22)12-24-9-2/h23-24H,8-14H2,1-7H3. The number of nitrogens with zero attached hydrogens (tertiary/aromatic N) is 1. The fraction of sp³-hybridized carbons (Fsp3) is 0.636.